The summed E-state index contributed by atoms with van der Waals surface area (Å²) in [6.45, 7) is 3.97. The van der Waals surface area contributed by atoms with Crippen LogP contribution < -0.4 is 5.32 Å². The number of nitrogens with one attached hydrogen (secondary N) is 1. The van der Waals surface area contributed by atoms with Crippen LogP contribution in [0.2, 0.25) is 0 Å². The highest BCUT2D eigenvalue weighted by molar-refractivity contribution is 6.31. The third-order valence-corrected chi connectivity index (χ3v) is 4.82. The molecule has 1 saturated heterocycles. The van der Waals surface area contributed by atoms with Gasteiger partial charge in [0.2, 0.25) is 0 Å². The van der Waals surface area contributed by atoms with Crippen LogP contribution in [-0.4, -0.2) is 27.3 Å². The molecule has 2 aromatic rings. The van der Waals surface area contributed by atoms with Crippen molar-refractivity contribution in [1.82, 2.24) is 14.8 Å². The summed E-state index contributed by atoms with van der Waals surface area (Å²) in [6, 6.07) is 5.08. The largest absolute Gasteiger partial charge is 0.467 e. The summed E-state index contributed by atoms with van der Waals surface area (Å²) < 4.78 is 7.44. The van der Waals surface area contributed by atoms with Crippen molar-refractivity contribution in [1.29, 1.82) is 0 Å². The molecule has 1 saturated carbocycles. The zero-order valence-electron chi connectivity index (χ0n) is 14.6. The highest BCUT2D eigenvalue weighted by Crippen LogP contribution is 2.38. The molecule has 26 heavy (non-hydrogen) atoms. The number of nitrogens with zero attached hydrogens (tertiary/aromatic N) is 2. The lowest BCUT2D eigenvalue weighted by atomic mass is 10.1. The van der Waals surface area contributed by atoms with E-state index in [0.717, 1.165) is 34.7 Å². The van der Waals surface area contributed by atoms with Gasteiger partial charge in [0.15, 0.2) is 0 Å². The van der Waals surface area contributed by atoms with Gasteiger partial charge < -0.3 is 8.98 Å². The molecule has 4 rings (SSSR count). The first kappa shape index (κ1) is 16.4. The Labute approximate surface area is 150 Å². The molecule has 134 valence electrons. The van der Waals surface area contributed by atoms with Crippen molar-refractivity contribution in [3.63, 3.8) is 0 Å². The number of carbonyl (C=O) groups excluding carboxylic acids is 3. The maximum Gasteiger partial charge on any atom is 0.331 e. The molecule has 2 aromatic heterocycles. The van der Waals surface area contributed by atoms with Crippen LogP contribution in [0, 0.1) is 13.8 Å². The number of amides is 4. The summed E-state index contributed by atoms with van der Waals surface area (Å²) >= 11 is 0. The summed E-state index contributed by atoms with van der Waals surface area (Å²) in [5.41, 5.74) is 2.89. The van der Waals surface area contributed by atoms with Crippen LogP contribution in [0.5, 0.6) is 0 Å². The summed E-state index contributed by atoms with van der Waals surface area (Å²) in [6.07, 6.45) is 5.34. The zero-order chi connectivity index (χ0) is 18.4. The summed E-state index contributed by atoms with van der Waals surface area (Å²) in [4.78, 5) is 38.0. The molecule has 4 amide bonds. The average Bonchev–Trinajstić information content (AvgIpc) is 3.20. The van der Waals surface area contributed by atoms with Gasteiger partial charge in [-0.3, -0.25) is 19.8 Å². The van der Waals surface area contributed by atoms with Crippen LogP contribution in [0.15, 0.2) is 34.5 Å². The summed E-state index contributed by atoms with van der Waals surface area (Å²) in [7, 11) is 0. The number of aromatic nitrogens is 1. The first-order chi connectivity index (χ1) is 12.5. The number of urea groups is 1. The molecular weight excluding hydrogens is 334 g/mol. The number of hydrogen-bond donors (Lipinski definition) is 1. The van der Waals surface area contributed by atoms with Gasteiger partial charge in [-0.1, -0.05) is 0 Å². The van der Waals surface area contributed by atoms with E-state index in [1.807, 2.05) is 19.9 Å². The minimum atomic E-state index is -0.739. The summed E-state index contributed by atoms with van der Waals surface area (Å²) in [5.74, 6) is -0.826. The molecule has 1 aliphatic heterocycles. The van der Waals surface area contributed by atoms with Crippen molar-refractivity contribution >= 4 is 23.9 Å². The molecular formula is C19H19N3O4. The Morgan fingerprint density at radius 3 is 2.69 bits per heavy atom. The molecule has 7 heteroatoms. The van der Waals surface area contributed by atoms with E-state index in [9.17, 15) is 14.4 Å². The maximum absolute atomic E-state index is 12.8. The topological polar surface area (TPSA) is 84.6 Å². The lowest BCUT2D eigenvalue weighted by Gasteiger charge is -2.25. The van der Waals surface area contributed by atoms with E-state index >= 15 is 0 Å². The predicted octanol–water partition coefficient (Wildman–Crippen LogP) is 2.69. The molecule has 0 unspecified atom stereocenters. The molecule has 0 atom stereocenters. The minimum Gasteiger partial charge on any atom is -0.467 e. The molecule has 0 radical (unpaired) electrons. The van der Waals surface area contributed by atoms with E-state index in [1.54, 1.807) is 18.2 Å². The van der Waals surface area contributed by atoms with Crippen molar-refractivity contribution in [2.75, 3.05) is 0 Å². The van der Waals surface area contributed by atoms with Gasteiger partial charge >= 0.3 is 6.03 Å². The molecule has 0 spiro atoms. The normalized spacial score (nSPS) is 19.4. The van der Waals surface area contributed by atoms with Gasteiger partial charge in [-0.2, -0.15) is 0 Å². The second-order valence-corrected chi connectivity index (χ2v) is 6.72. The number of aryl methyl sites for hydroxylation is 1. The van der Waals surface area contributed by atoms with Crippen molar-refractivity contribution in [2.45, 2.75) is 39.3 Å². The molecule has 1 aliphatic carbocycles. The maximum atomic E-state index is 12.8. The number of hydrogen-bond acceptors (Lipinski definition) is 4. The average molecular weight is 353 g/mol. The fraction of sp³-hybridized carbons (Fsp3) is 0.316. The van der Waals surface area contributed by atoms with Crippen LogP contribution in [0.1, 0.15) is 41.6 Å². The van der Waals surface area contributed by atoms with Crippen molar-refractivity contribution in [3.8, 4) is 0 Å². The van der Waals surface area contributed by atoms with Crippen LogP contribution in [0.25, 0.3) is 6.08 Å². The van der Waals surface area contributed by atoms with Gasteiger partial charge in [0.25, 0.3) is 11.8 Å². The highest BCUT2D eigenvalue weighted by Gasteiger charge is 2.36. The number of furan rings is 1. The molecule has 2 aliphatic rings. The van der Waals surface area contributed by atoms with E-state index in [1.165, 1.54) is 6.26 Å². The Bertz CT molecular complexity index is 932. The first-order valence-electron chi connectivity index (χ1n) is 8.55. The quantitative estimate of drug-likeness (QED) is 0.676. The minimum absolute atomic E-state index is 0.0244. The van der Waals surface area contributed by atoms with E-state index in [-0.39, 0.29) is 12.1 Å². The van der Waals surface area contributed by atoms with Crippen LogP contribution in [-0.2, 0) is 16.1 Å². The number of barbiturate groups is 1. The Morgan fingerprint density at radius 2 is 2.04 bits per heavy atom. The number of rotatable bonds is 4. The van der Waals surface area contributed by atoms with Crippen molar-refractivity contribution < 1.29 is 18.8 Å². The van der Waals surface area contributed by atoms with Crippen molar-refractivity contribution in [2.24, 2.45) is 0 Å². The van der Waals surface area contributed by atoms with Crippen LogP contribution in [0.3, 0.4) is 0 Å². The second kappa shape index (κ2) is 6.01. The lowest BCUT2D eigenvalue weighted by molar-refractivity contribution is -0.130. The first-order valence-corrected chi connectivity index (χ1v) is 8.55. The predicted molar refractivity (Wildman–Crippen MR) is 93.0 cm³/mol. The van der Waals surface area contributed by atoms with E-state index in [2.05, 4.69) is 9.88 Å². The van der Waals surface area contributed by atoms with E-state index in [0.29, 0.717) is 11.8 Å². The Kier molecular flexibility index (Phi) is 3.79. The fourth-order valence-corrected chi connectivity index (χ4v) is 3.39. The lowest BCUT2D eigenvalue weighted by Crippen LogP contribution is -2.53. The molecule has 7 nitrogen and oxygen atoms in total. The molecule has 3 heterocycles. The Hall–Kier alpha value is -3.09. The van der Waals surface area contributed by atoms with Gasteiger partial charge in [0, 0.05) is 17.4 Å². The van der Waals surface area contributed by atoms with Gasteiger partial charge in [0.1, 0.15) is 11.3 Å². The van der Waals surface area contributed by atoms with E-state index < -0.39 is 17.8 Å². The molecule has 1 N–H and O–H groups in total. The number of imide groups is 2. The second-order valence-electron chi connectivity index (χ2n) is 6.72. The molecule has 2 fully saturated rings. The van der Waals surface area contributed by atoms with Crippen molar-refractivity contribution in [3.05, 3.63) is 52.7 Å². The van der Waals surface area contributed by atoms with Crippen LogP contribution in [0.4, 0.5) is 4.79 Å². The number of carbonyl (C=O) groups is 3. The van der Waals surface area contributed by atoms with Gasteiger partial charge in [0.05, 0.1) is 12.8 Å². The van der Waals surface area contributed by atoms with Gasteiger partial charge in [-0.25, -0.2) is 4.79 Å². The zero-order valence-corrected chi connectivity index (χ0v) is 14.6. The molecule has 0 bridgehead atoms. The molecule has 0 aromatic carbocycles. The SMILES string of the molecule is Cc1cc(C=C2C(=O)NC(=O)N(Cc3ccco3)C2=O)c(C)n1C1CC1. The van der Waals surface area contributed by atoms with Gasteiger partial charge in [-0.05, 0) is 56.5 Å². The monoisotopic (exact) mass is 353 g/mol. The van der Waals surface area contributed by atoms with Crippen LogP contribution >= 0.6 is 0 Å². The van der Waals surface area contributed by atoms with Gasteiger partial charge in [-0.15, -0.1) is 0 Å². The third-order valence-electron chi connectivity index (χ3n) is 4.82. The standard InChI is InChI=1S/C19H19N3O4/c1-11-8-13(12(2)22(11)14-5-6-14)9-16-17(23)20-19(25)21(18(16)24)10-15-4-3-7-26-15/h3-4,7-9,14H,5-6,10H2,1-2H3,(H,20,23,25). The third kappa shape index (κ3) is 2.75. The Morgan fingerprint density at radius 1 is 1.27 bits per heavy atom. The summed E-state index contributed by atoms with van der Waals surface area (Å²) in [5, 5.41) is 2.23. The smallest absolute Gasteiger partial charge is 0.331 e. The van der Waals surface area contributed by atoms with E-state index in [4.69, 9.17) is 4.42 Å². The highest BCUT2D eigenvalue weighted by atomic mass is 16.3. The fourth-order valence-electron chi connectivity index (χ4n) is 3.39. The Balaban J connectivity index is 1.67.